The number of rotatable bonds is 2. The van der Waals surface area contributed by atoms with Crippen molar-refractivity contribution in [1.82, 2.24) is 9.78 Å². The molecule has 1 aromatic heterocycles. The maximum absolute atomic E-state index is 13.2. The first-order valence-electron chi connectivity index (χ1n) is 5.90. The minimum atomic E-state index is -1.48. The smallest absolute Gasteiger partial charge is 0.194 e. The molecule has 1 heterocycles. The maximum Gasteiger partial charge on any atom is 0.194 e. The van der Waals surface area contributed by atoms with Crippen LogP contribution in [0.15, 0.2) is 54.9 Å². The summed E-state index contributed by atoms with van der Waals surface area (Å²) in [6, 6.07) is 11.2. The molecule has 0 aliphatic carbocycles. The van der Waals surface area contributed by atoms with Gasteiger partial charge in [-0.25, -0.2) is 17.9 Å². The fraction of sp³-hybridized carbons (Fsp3) is 0. The van der Waals surface area contributed by atoms with Crippen LogP contribution in [-0.2, 0) is 0 Å². The maximum atomic E-state index is 13.2. The van der Waals surface area contributed by atoms with Crippen molar-refractivity contribution in [3.63, 3.8) is 0 Å². The summed E-state index contributed by atoms with van der Waals surface area (Å²) in [5.41, 5.74) is 1.86. The Kier molecular flexibility index (Phi) is 3.02. The molecule has 0 atom stereocenters. The molecule has 100 valence electrons. The van der Waals surface area contributed by atoms with Crippen LogP contribution < -0.4 is 0 Å². The second-order valence-electron chi connectivity index (χ2n) is 4.26. The molecule has 3 aromatic rings. The van der Waals surface area contributed by atoms with Gasteiger partial charge in [-0.2, -0.15) is 5.10 Å². The third-order valence-electron chi connectivity index (χ3n) is 2.92. The number of nitrogens with zero attached hydrogens (tertiary/aromatic N) is 2. The highest BCUT2D eigenvalue weighted by atomic mass is 19.2. The predicted octanol–water partition coefficient (Wildman–Crippen LogP) is 3.96. The molecule has 0 unspecified atom stereocenters. The van der Waals surface area contributed by atoms with Crippen LogP contribution in [-0.4, -0.2) is 9.78 Å². The summed E-state index contributed by atoms with van der Waals surface area (Å²) in [6.07, 6.45) is 3.20. The van der Waals surface area contributed by atoms with Crippen LogP contribution in [0.5, 0.6) is 0 Å². The minimum Gasteiger partial charge on any atom is -0.240 e. The van der Waals surface area contributed by atoms with E-state index in [1.54, 1.807) is 12.4 Å². The molecule has 0 aliphatic rings. The molecule has 0 aliphatic heterocycles. The lowest BCUT2D eigenvalue weighted by molar-refractivity contribution is 0.446. The highest BCUT2D eigenvalue weighted by Crippen LogP contribution is 2.21. The molecule has 0 bridgehead atoms. The van der Waals surface area contributed by atoms with Crippen molar-refractivity contribution in [2.24, 2.45) is 0 Å². The van der Waals surface area contributed by atoms with E-state index in [9.17, 15) is 13.2 Å². The summed E-state index contributed by atoms with van der Waals surface area (Å²) >= 11 is 0. The Labute approximate surface area is 113 Å². The van der Waals surface area contributed by atoms with Crippen molar-refractivity contribution >= 4 is 0 Å². The highest BCUT2D eigenvalue weighted by molar-refractivity contribution is 5.62. The van der Waals surface area contributed by atoms with Gasteiger partial charge in [0.2, 0.25) is 0 Å². The zero-order valence-electron chi connectivity index (χ0n) is 10.2. The Balaban J connectivity index is 2.03. The second-order valence-corrected chi connectivity index (χ2v) is 4.26. The van der Waals surface area contributed by atoms with Crippen molar-refractivity contribution in [3.05, 3.63) is 72.3 Å². The quantitative estimate of drug-likeness (QED) is 0.647. The first-order chi connectivity index (χ1) is 9.65. The van der Waals surface area contributed by atoms with E-state index in [4.69, 9.17) is 0 Å². The summed E-state index contributed by atoms with van der Waals surface area (Å²) in [4.78, 5) is 0. The average molecular weight is 274 g/mol. The molecule has 0 fully saturated rings. The van der Waals surface area contributed by atoms with Crippen LogP contribution in [0.25, 0.3) is 16.8 Å². The topological polar surface area (TPSA) is 17.8 Å². The van der Waals surface area contributed by atoms with Gasteiger partial charge in [-0.15, -0.1) is 0 Å². The molecular weight excluding hydrogens is 265 g/mol. The molecule has 3 rings (SSSR count). The summed E-state index contributed by atoms with van der Waals surface area (Å²) in [6.45, 7) is 0. The van der Waals surface area contributed by atoms with Crippen molar-refractivity contribution in [2.45, 2.75) is 0 Å². The number of hydrogen-bond donors (Lipinski definition) is 0. The normalized spacial score (nSPS) is 10.8. The van der Waals surface area contributed by atoms with E-state index in [-0.39, 0.29) is 5.69 Å². The van der Waals surface area contributed by atoms with Gasteiger partial charge in [0.15, 0.2) is 17.5 Å². The molecule has 20 heavy (non-hydrogen) atoms. The third-order valence-corrected chi connectivity index (χ3v) is 2.92. The van der Waals surface area contributed by atoms with E-state index >= 15 is 0 Å². The number of benzene rings is 2. The van der Waals surface area contributed by atoms with Crippen LogP contribution in [0.3, 0.4) is 0 Å². The summed E-state index contributed by atoms with van der Waals surface area (Å²) in [5, 5.41) is 4.04. The molecule has 0 amide bonds. The Bertz CT molecular complexity index is 728. The van der Waals surface area contributed by atoms with Crippen LogP contribution >= 0.6 is 0 Å². The zero-order chi connectivity index (χ0) is 14.1. The first-order valence-corrected chi connectivity index (χ1v) is 5.90. The van der Waals surface area contributed by atoms with Gasteiger partial charge in [0, 0.05) is 23.9 Å². The van der Waals surface area contributed by atoms with Gasteiger partial charge in [-0.05, 0) is 5.56 Å². The van der Waals surface area contributed by atoms with Gasteiger partial charge in [-0.3, -0.25) is 0 Å². The summed E-state index contributed by atoms with van der Waals surface area (Å²) in [5.74, 6) is -3.96. The van der Waals surface area contributed by atoms with E-state index in [0.717, 1.165) is 23.3 Å². The summed E-state index contributed by atoms with van der Waals surface area (Å²) < 4.78 is 40.6. The van der Waals surface area contributed by atoms with Crippen LogP contribution in [0.2, 0.25) is 0 Å². The van der Waals surface area contributed by atoms with Crippen LogP contribution in [0.4, 0.5) is 13.2 Å². The Morgan fingerprint density at radius 3 is 2.15 bits per heavy atom. The SMILES string of the molecule is Fc1cc(-n2cc(-c3ccccc3)cn2)cc(F)c1F. The highest BCUT2D eigenvalue weighted by Gasteiger charge is 2.12. The largest absolute Gasteiger partial charge is 0.240 e. The Morgan fingerprint density at radius 2 is 1.50 bits per heavy atom. The molecule has 0 N–H and O–H groups in total. The monoisotopic (exact) mass is 274 g/mol. The molecule has 2 aromatic carbocycles. The Morgan fingerprint density at radius 1 is 0.850 bits per heavy atom. The summed E-state index contributed by atoms with van der Waals surface area (Å²) in [7, 11) is 0. The zero-order valence-corrected chi connectivity index (χ0v) is 10.2. The fourth-order valence-electron chi connectivity index (χ4n) is 1.92. The molecular formula is C15H9F3N2. The van der Waals surface area contributed by atoms with E-state index in [1.165, 1.54) is 4.68 Å². The molecule has 0 radical (unpaired) electrons. The van der Waals surface area contributed by atoms with Gasteiger partial charge in [0.25, 0.3) is 0 Å². The fourth-order valence-corrected chi connectivity index (χ4v) is 1.92. The third kappa shape index (κ3) is 2.18. The van der Waals surface area contributed by atoms with Crippen molar-refractivity contribution in [3.8, 4) is 16.8 Å². The Hall–Kier alpha value is -2.56. The van der Waals surface area contributed by atoms with Gasteiger partial charge in [0.05, 0.1) is 11.9 Å². The van der Waals surface area contributed by atoms with E-state index < -0.39 is 17.5 Å². The first kappa shape index (κ1) is 12.5. The molecule has 2 nitrogen and oxygen atoms in total. The van der Waals surface area contributed by atoms with Gasteiger partial charge < -0.3 is 0 Å². The van der Waals surface area contributed by atoms with E-state index in [1.807, 2.05) is 30.3 Å². The second kappa shape index (κ2) is 4.85. The average Bonchev–Trinajstić information content (AvgIpc) is 2.95. The predicted molar refractivity (Wildman–Crippen MR) is 68.9 cm³/mol. The molecule has 0 saturated carbocycles. The number of aromatic nitrogens is 2. The van der Waals surface area contributed by atoms with E-state index in [2.05, 4.69) is 5.10 Å². The van der Waals surface area contributed by atoms with Gasteiger partial charge >= 0.3 is 0 Å². The molecule has 0 saturated heterocycles. The lowest BCUT2D eigenvalue weighted by Gasteiger charge is -2.03. The lowest BCUT2D eigenvalue weighted by Crippen LogP contribution is -1.99. The van der Waals surface area contributed by atoms with Crippen molar-refractivity contribution < 1.29 is 13.2 Å². The van der Waals surface area contributed by atoms with Gasteiger partial charge in [0.1, 0.15) is 0 Å². The number of halogens is 3. The number of hydrogen-bond acceptors (Lipinski definition) is 1. The van der Waals surface area contributed by atoms with Crippen LogP contribution in [0.1, 0.15) is 0 Å². The minimum absolute atomic E-state index is 0.128. The standard InChI is InChI=1S/C15H9F3N2/c16-13-6-12(7-14(17)15(13)18)20-9-11(8-19-20)10-4-2-1-3-5-10/h1-9H. The van der Waals surface area contributed by atoms with E-state index in [0.29, 0.717) is 0 Å². The van der Waals surface area contributed by atoms with Crippen molar-refractivity contribution in [1.29, 1.82) is 0 Å². The van der Waals surface area contributed by atoms with Crippen LogP contribution in [0, 0.1) is 17.5 Å². The lowest BCUT2D eigenvalue weighted by atomic mass is 10.1. The van der Waals surface area contributed by atoms with Gasteiger partial charge in [-0.1, -0.05) is 30.3 Å². The molecule has 0 spiro atoms. The molecule has 5 heteroatoms. The van der Waals surface area contributed by atoms with Crippen molar-refractivity contribution in [2.75, 3.05) is 0 Å².